The lowest BCUT2D eigenvalue weighted by Crippen LogP contribution is -2.25. The molecule has 152 valence electrons. The molecular weight excluding hydrogens is 378 g/mol. The fraction of sp³-hybridized carbons (Fsp3) is 0.217. The van der Waals surface area contributed by atoms with E-state index in [0.717, 1.165) is 29.1 Å². The van der Waals surface area contributed by atoms with E-state index < -0.39 is 0 Å². The molecule has 4 rings (SSSR count). The Balaban J connectivity index is 1.32. The molecule has 0 atom stereocenters. The number of aryl methyl sites for hydroxylation is 1. The summed E-state index contributed by atoms with van der Waals surface area (Å²) in [5, 5.41) is 13.0. The van der Waals surface area contributed by atoms with Gasteiger partial charge in [-0.3, -0.25) is 9.59 Å². The number of hydrazone groups is 1. The predicted octanol–water partition coefficient (Wildman–Crippen LogP) is 3.54. The second-order valence-corrected chi connectivity index (χ2v) is 7.16. The average molecular weight is 401 g/mol. The van der Waals surface area contributed by atoms with Gasteiger partial charge >= 0.3 is 0 Å². The van der Waals surface area contributed by atoms with Crippen LogP contribution in [0.4, 0.5) is 5.69 Å². The number of nitrogens with one attached hydrogen (secondary N) is 1. The van der Waals surface area contributed by atoms with Crippen LogP contribution in [0.1, 0.15) is 30.5 Å². The summed E-state index contributed by atoms with van der Waals surface area (Å²) in [6.45, 7) is 2.52. The minimum atomic E-state index is -0.204. The van der Waals surface area contributed by atoms with Crippen molar-refractivity contribution in [2.75, 3.05) is 11.9 Å². The molecule has 0 saturated carbocycles. The van der Waals surface area contributed by atoms with E-state index in [-0.39, 0.29) is 24.7 Å². The zero-order chi connectivity index (χ0) is 20.9. The Hall–Kier alpha value is -3.74. The first-order chi connectivity index (χ1) is 14.6. The van der Waals surface area contributed by atoms with Gasteiger partial charge in [0.1, 0.15) is 0 Å². The summed E-state index contributed by atoms with van der Waals surface area (Å²) in [5.74, 6) is -0.346. The fourth-order valence-electron chi connectivity index (χ4n) is 3.40. The molecule has 0 unspecified atom stereocenters. The molecule has 0 saturated heterocycles. The lowest BCUT2D eigenvalue weighted by Gasteiger charge is -2.12. The molecule has 7 heteroatoms. The first-order valence-corrected chi connectivity index (χ1v) is 9.94. The highest BCUT2D eigenvalue weighted by atomic mass is 16.2. The molecule has 30 heavy (non-hydrogen) atoms. The maximum atomic E-state index is 12.5. The summed E-state index contributed by atoms with van der Waals surface area (Å²) in [4.78, 5) is 24.8. The van der Waals surface area contributed by atoms with E-state index in [4.69, 9.17) is 0 Å². The zero-order valence-electron chi connectivity index (χ0n) is 16.8. The van der Waals surface area contributed by atoms with Gasteiger partial charge in [-0.15, -0.1) is 0 Å². The molecule has 0 fully saturated rings. The molecule has 1 aliphatic heterocycles. The zero-order valence-corrected chi connectivity index (χ0v) is 16.8. The van der Waals surface area contributed by atoms with Crippen molar-refractivity contribution in [1.29, 1.82) is 0 Å². The molecule has 0 bridgehead atoms. The van der Waals surface area contributed by atoms with Crippen LogP contribution in [0.2, 0.25) is 0 Å². The van der Waals surface area contributed by atoms with Crippen molar-refractivity contribution in [3.8, 4) is 5.69 Å². The van der Waals surface area contributed by atoms with Gasteiger partial charge in [0, 0.05) is 36.8 Å². The Labute approximate surface area is 175 Å². The maximum Gasteiger partial charge on any atom is 0.243 e. The van der Waals surface area contributed by atoms with E-state index in [1.54, 1.807) is 10.9 Å². The molecule has 0 aliphatic carbocycles. The molecule has 0 radical (unpaired) electrons. The Morgan fingerprint density at radius 1 is 1.03 bits per heavy atom. The van der Waals surface area contributed by atoms with Crippen LogP contribution in [0.15, 0.2) is 72.0 Å². The third kappa shape index (κ3) is 4.46. The van der Waals surface area contributed by atoms with Crippen LogP contribution in [-0.4, -0.2) is 38.9 Å². The molecule has 2 heterocycles. The summed E-state index contributed by atoms with van der Waals surface area (Å²) < 4.78 is 1.80. The van der Waals surface area contributed by atoms with Gasteiger partial charge in [-0.25, -0.2) is 9.69 Å². The Kier molecular flexibility index (Phi) is 5.70. The number of rotatable bonds is 6. The summed E-state index contributed by atoms with van der Waals surface area (Å²) in [6.07, 6.45) is 2.68. The van der Waals surface area contributed by atoms with Crippen molar-refractivity contribution in [3.63, 3.8) is 0 Å². The monoisotopic (exact) mass is 401 g/mol. The van der Waals surface area contributed by atoms with E-state index >= 15 is 0 Å². The van der Waals surface area contributed by atoms with E-state index in [2.05, 4.69) is 15.5 Å². The number of hydrogen-bond acceptors (Lipinski definition) is 4. The van der Waals surface area contributed by atoms with Gasteiger partial charge in [0.2, 0.25) is 11.8 Å². The summed E-state index contributed by atoms with van der Waals surface area (Å²) in [7, 11) is 0. The topological polar surface area (TPSA) is 79.6 Å². The molecule has 1 N–H and O–H groups in total. The van der Waals surface area contributed by atoms with Crippen LogP contribution in [-0.2, 0) is 9.59 Å². The van der Waals surface area contributed by atoms with Crippen molar-refractivity contribution in [2.45, 2.75) is 26.2 Å². The van der Waals surface area contributed by atoms with Gasteiger partial charge in [-0.05, 0) is 36.8 Å². The smallest absolute Gasteiger partial charge is 0.243 e. The summed E-state index contributed by atoms with van der Waals surface area (Å²) >= 11 is 0. The van der Waals surface area contributed by atoms with Gasteiger partial charge in [0.25, 0.3) is 0 Å². The molecule has 1 aliphatic rings. The number of amides is 2. The number of nitrogens with zero attached hydrogens (tertiary/aromatic N) is 4. The predicted molar refractivity (Wildman–Crippen MR) is 115 cm³/mol. The van der Waals surface area contributed by atoms with Crippen LogP contribution in [0, 0.1) is 6.92 Å². The second-order valence-electron chi connectivity index (χ2n) is 7.16. The first-order valence-electron chi connectivity index (χ1n) is 9.94. The number of aromatic nitrogens is 2. The molecule has 7 nitrogen and oxygen atoms in total. The van der Waals surface area contributed by atoms with Gasteiger partial charge < -0.3 is 5.32 Å². The largest absolute Gasteiger partial charge is 0.326 e. The van der Waals surface area contributed by atoms with Crippen LogP contribution in [0.5, 0.6) is 0 Å². The Bertz CT molecular complexity index is 1090. The van der Waals surface area contributed by atoms with Crippen LogP contribution in [0.25, 0.3) is 5.69 Å². The van der Waals surface area contributed by atoms with Crippen molar-refractivity contribution in [2.24, 2.45) is 5.10 Å². The van der Waals surface area contributed by atoms with Crippen LogP contribution in [0.3, 0.4) is 0 Å². The lowest BCUT2D eigenvalue weighted by molar-refractivity contribution is -0.132. The number of anilines is 1. The number of hydrogen-bond donors (Lipinski definition) is 1. The summed E-state index contributed by atoms with van der Waals surface area (Å²) in [6, 6.07) is 19.2. The maximum absolute atomic E-state index is 12.5. The fourth-order valence-corrected chi connectivity index (χ4v) is 3.40. The number of benzene rings is 2. The second kappa shape index (κ2) is 8.73. The van der Waals surface area contributed by atoms with Crippen molar-refractivity contribution in [3.05, 3.63) is 78.1 Å². The van der Waals surface area contributed by atoms with Crippen molar-refractivity contribution < 1.29 is 9.59 Å². The molecule has 2 amide bonds. The number of carbonyl (C=O) groups is 2. The average Bonchev–Trinajstić information content (AvgIpc) is 3.42. The Morgan fingerprint density at radius 2 is 1.87 bits per heavy atom. The van der Waals surface area contributed by atoms with Crippen molar-refractivity contribution in [1.82, 2.24) is 14.8 Å². The minimum absolute atomic E-state index is 0.108. The Morgan fingerprint density at radius 3 is 2.63 bits per heavy atom. The SMILES string of the molecule is Cc1ccnn1-c1cccc(NC(=O)CCC(=O)N2CCC(c3ccccc3)=N2)c1. The third-order valence-corrected chi connectivity index (χ3v) is 4.97. The van der Waals surface area contributed by atoms with E-state index in [1.807, 2.05) is 67.6 Å². The standard InChI is InChI=1S/C23H23N5O2/c1-17-12-14-24-28(17)20-9-5-8-19(16-20)25-22(29)10-11-23(30)27-15-13-21(26-27)18-6-3-2-4-7-18/h2-9,12,14,16H,10-11,13,15H2,1H3,(H,25,29). The van der Waals surface area contributed by atoms with Gasteiger partial charge in [0.15, 0.2) is 0 Å². The van der Waals surface area contributed by atoms with Crippen LogP contribution < -0.4 is 5.32 Å². The first kappa shape index (κ1) is 19.6. The van der Waals surface area contributed by atoms with Crippen LogP contribution >= 0.6 is 0 Å². The van der Waals surface area contributed by atoms with E-state index in [9.17, 15) is 9.59 Å². The molecule has 2 aromatic carbocycles. The molecular formula is C23H23N5O2. The minimum Gasteiger partial charge on any atom is -0.326 e. The molecule has 3 aromatic rings. The van der Waals surface area contributed by atoms with Gasteiger partial charge in [-0.1, -0.05) is 36.4 Å². The van der Waals surface area contributed by atoms with Crippen molar-refractivity contribution >= 4 is 23.2 Å². The lowest BCUT2D eigenvalue weighted by atomic mass is 10.1. The highest BCUT2D eigenvalue weighted by Crippen LogP contribution is 2.17. The third-order valence-electron chi connectivity index (χ3n) is 4.97. The highest BCUT2D eigenvalue weighted by molar-refractivity contribution is 6.02. The van der Waals surface area contributed by atoms with E-state index in [1.165, 1.54) is 5.01 Å². The van der Waals surface area contributed by atoms with Gasteiger partial charge in [-0.2, -0.15) is 10.2 Å². The van der Waals surface area contributed by atoms with E-state index in [0.29, 0.717) is 12.2 Å². The normalized spacial score (nSPS) is 13.2. The quantitative estimate of drug-likeness (QED) is 0.686. The molecule has 1 aromatic heterocycles. The number of carbonyl (C=O) groups excluding carboxylic acids is 2. The highest BCUT2D eigenvalue weighted by Gasteiger charge is 2.21. The molecule has 0 spiro atoms. The van der Waals surface area contributed by atoms with Gasteiger partial charge in [0.05, 0.1) is 17.9 Å². The summed E-state index contributed by atoms with van der Waals surface area (Å²) in [5.41, 5.74) is 4.47.